The number of ether oxygens (including phenoxy) is 1. The van der Waals surface area contributed by atoms with Gasteiger partial charge in [-0.05, 0) is 55.8 Å². The number of rotatable bonds is 7. The van der Waals surface area contributed by atoms with Crippen LogP contribution in [0.1, 0.15) is 35.8 Å². The van der Waals surface area contributed by atoms with E-state index in [1.54, 1.807) is 59.2 Å². The topological polar surface area (TPSA) is 82.2 Å². The molecule has 2 aromatic rings. The van der Waals surface area contributed by atoms with Gasteiger partial charge in [0.2, 0.25) is 0 Å². The molecule has 1 fully saturated rings. The third-order valence-electron chi connectivity index (χ3n) is 6.56. The molecule has 0 bridgehead atoms. The van der Waals surface area contributed by atoms with Crippen LogP contribution in [0.4, 0.5) is 4.79 Å². The highest BCUT2D eigenvalue weighted by Crippen LogP contribution is 2.33. The number of benzene rings is 2. The first-order valence-corrected chi connectivity index (χ1v) is 13.1. The standard InChI is InChI=1S/C27H30Cl2N4O4/c1-3-33-22(17-31-12-14-32(15-13-31)25(34)18-8-10-20(28)11-9-18)23(26(35)37-4-2)24(30-27(33)36)19-6-5-7-21(29)16-19/h5-11,16,24H,3-4,12-15,17H2,1-2H3,(H,30,36). The van der Waals surface area contributed by atoms with Crippen molar-refractivity contribution in [3.8, 4) is 0 Å². The number of esters is 1. The minimum atomic E-state index is -0.684. The number of nitrogens with zero attached hydrogens (tertiary/aromatic N) is 3. The maximum Gasteiger partial charge on any atom is 0.338 e. The number of nitrogens with one attached hydrogen (secondary N) is 1. The summed E-state index contributed by atoms with van der Waals surface area (Å²) in [5, 5.41) is 4.04. The van der Waals surface area contributed by atoms with Gasteiger partial charge in [-0.15, -0.1) is 0 Å². The van der Waals surface area contributed by atoms with Crippen molar-refractivity contribution in [2.45, 2.75) is 19.9 Å². The molecule has 1 N–H and O–H groups in total. The Hall–Kier alpha value is -3.07. The molecule has 1 unspecified atom stereocenters. The van der Waals surface area contributed by atoms with Crippen LogP contribution in [0.3, 0.4) is 0 Å². The van der Waals surface area contributed by atoms with Crippen LogP contribution in [0.25, 0.3) is 0 Å². The molecule has 1 saturated heterocycles. The largest absolute Gasteiger partial charge is 0.463 e. The highest BCUT2D eigenvalue weighted by molar-refractivity contribution is 6.31. The fourth-order valence-corrected chi connectivity index (χ4v) is 5.01. The number of urea groups is 1. The molecule has 4 rings (SSSR count). The van der Waals surface area contributed by atoms with Crippen LogP contribution >= 0.6 is 23.2 Å². The second-order valence-electron chi connectivity index (χ2n) is 8.84. The molecule has 37 heavy (non-hydrogen) atoms. The van der Waals surface area contributed by atoms with Crippen molar-refractivity contribution >= 4 is 41.1 Å². The van der Waals surface area contributed by atoms with E-state index in [0.29, 0.717) is 71.7 Å². The van der Waals surface area contributed by atoms with E-state index in [1.165, 1.54) is 0 Å². The lowest BCUT2D eigenvalue weighted by Crippen LogP contribution is -2.53. The summed E-state index contributed by atoms with van der Waals surface area (Å²) in [6.45, 7) is 6.84. The Kier molecular flexibility index (Phi) is 8.74. The number of hydrogen-bond donors (Lipinski definition) is 1. The van der Waals surface area contributed by atoms with Gasteiger partial charge in [0.15, 0.2) is 0 Å². The predicted octanol–water partition coefficient (Wildman–Crippen LogP) is 4.35. The molecule has 8 nitrogen and oxygen atoms in total. The molecular formula is C27H30Cl2N4O4. The van der Waals surface area contributed by atoms with Crippen LogP contribution < -0.4 is 5.32 Å². The van der Waals surface area contributed by atoms with Crippen molar-refractivity contribution < 1.29 is 19.1 Å². The van der Waals surface area contributed by atoms with Crippen molar-refractivity contribution in [3.63, 3.8) is 0 Å². The summed E-state index contributed by atoms with van der Waals surface area (Å²) in [6.07, 6.45) is 0. The normalized spacial score (nSPS) is 18.6. The molecule has 0 aromatic heterocycles. The lowest BCUT2D eigenvalue weighted by atomic mass is 9.94. The highest BCUT2D eigenvalue weighted by atomic mass is 35.5. The number of carbonyl (C=O) groups is 3. The number of amides is 3. The Morgan fingerprint density at radius 1 is 1.00 bits per heavy atom. The maximum absolute atomic E-state index is 13.2. The van der Waals surface area contributed by atoms with Gasteiger partial charge in [0.25, 0.3) is 5.91 Å². The SMILES string of the molecule is CCOC(=O)C1=C(CN2CCN(C(=O)c3ccc(Cl)cc3)CC2)N(CC)C(=O)NC1c1cccc(Cl)c1. The average Bonchev–Trinajstić information content (AvgIpc) is 2.89. The molecule has 10 heteroatoms. The number of hydrogen-bond acceptors (Lipinski definition) is 5. The Balaban J connectivity index is 1.59. The summed E-state index contributed by atoms with van der Waals surface area (Å²) in [5.74, 6) is -0.520. The second-order valence-corrected chi connectivity index (χ2v) is 9.71. The zero-order chi connectivity index (χ0) is 26.5. The van der Waals surface area contributed by atoms with E-state index in [9.17, 15) is 14.4 Å². The van der Waals surface area contributed by atoms with Crippen molar-refractivity contribution in [2.24, 2.45) is 0 Å². The number of halogens is 2. The molecule has 2 aliphatic heterocycles. The zero-order valence-corrected chi connectivity index (χ0v) is 22.4. The van der Waals surface area contributed by atoms with Crippen molar-refractivity contribution in [1.29, 1.82) is 0 Å². The lowest BCUT2D eigenvalue weighted by Gasteiger charge is -2.40. The van der Waals surface area contributed by atoms with Gasteiger partial charge in [-0.3, -0.25) is 14.6 Å². The first-order chi connectivity index (χ1) is 17.8. The van der Waals surface area contributed by atoms with E-state index in [-0.39, 0.29) is 18.5 Å². The fourth-order valence-electron chi connectivity index (χ4n) is 4.69. The van der Waals surface area contributed by atoms with Crippen LogP contribution in [-0.4, -0.2) is 78.5 Å². The quantitative estimate of drug-likeness (QED) is 0.524. The summed E-state index contributed by atoms with van der Waals surface area (Å²) in [6, 6.07) is 13.0. The first kappa shape index (κ1) is 27.0. The summed E-state index contributed by atoms with van der Waals surface area (Å²) < 4.78 is 5.43. The summed E-state index contributed by atoms with van der Waals surface area (Å²) in [4.78, 5) is 44.8. The molecule has 2 aliphatic rings. The van der Waals surface area contributed by atoms with Crippen LogP contribution in [-0.2, 0) is 9.53 Å². The molecule has 0 saturated carbocycles. The van der Waals surface area contributed by atoms with Gasteiger partial charge in [0.1, 0.15) is 0 Å². The van der Waals surface area contributed by atoms with Gasteiger partial charge in [-0.2, -0.15) is 0 Å². The Morgan fingerprint density at radius 3 is 2.32 bits per heavy atom. The van der Waals surface area contributed by atoms with Crippen LogP contribution in [0.5, 0.6) is 0 Å². The lowest BCUT2D eigenvalue weighted by molar-refractivity contribution is -0.139. The summed E-state index contributed by atoms with van der Waals surface area (Å²) in [7, 11) is 0. The van der Waals surface area contributed by atoms with Gasteiger partial charge < -0.3 is 15.0 Å². The van der Waals surface area contributed by atoms with E-state index in [2.05, 4.69) is 10.2 Å². The van der Waals surface area contributed by atoms with Crippen LogP contribution in [0.15, 0.2) is 59.8 Å². The van der Waals surface area contributed by atoms with Crippen molar-refractivity contribution in [3.05, 3.63) is 81.0 Å². The molecular weight excluding hydrogens is 515 g/mol. The van der Waals surface area contributed by atoms with Crippen LogP contribution in [0.2, 0.25) is 10.0 Å². The second kappa shape index (κ2) is 12.0. The Labute approximate surface area is 226 Å². The van der Waals surface area contributed by atoms with Gasteiger partial charge in [-0.1, -0.05) is 35.3 Å². The summed E-state index contributed by atoms with van der Waals surface area (Å²) >= 11 is 12.2. The van der Waals surface area contributed by atoms with E-state index in [1.807, 2.05) is 13.0 Å². The molecule has 1 atom stereocenters. The molecule has 2 heterocycles. The number of piperazine rings is 1. The number of carbonyl (C=O) groups excluding carboxylic acids is 3. The van der Waals surface area contributed by atoms with E-state index < -0.39 is 12.0 Å². The smallest absolute Gasteiger partial charge is 0.338 e. The minimum Gasteiger partial charge on any atom is -0.463 e. The van der Waals surface area contributed by atoms with E-state index >= 15 is 0 Å². The van der Waals surface area contributed by atoms with Crippen molar-refractivity contribution in [1.82, 2.24) is 20.0 Å². The molecule has 0 spiro atoms. The summed E-state index contributed by atoms with van der Waals surface area (Å²) in [5.41, 5.74) is 2.29. The maximum atomic E-state index is 13.2. The molecule has 0 radical (unpaired) electrons. The molecule has 2 aromatic carbocycles. The van der Waals surface area contributed by atoms with Gasteiger partial charge >= 0.3 is 12.0 Å². The highest BCUT2D eigenvalue weighted by Gasteiger charge is 2.38. The third-order valence-corrected chi connectivity index (χ3v) is 7.04. The predicted molar refractivity (Wildman–Crippen MR) is 143 cm³/mol. The van der Waals surface area contributed by atoms with E-state index in [4.69, 9.17) is 27.9 Å². The zero-order valence-electron chi connectivity index (χ0n) is 20.9. The molecule has 196 valence electrons. The van der Waals surface area contributed by atoms with Gasteiger partial charge in [0.05, 0.1) is 18.2 Å². The van der Waals surface area contributed by atoms with Gasteiger partial charge in [0, 0.05) is 60.6 Å². The third kappa shape index (κ3) is 6.09. The first-order valence-electron chi connectivity index (χ1n) is 12.3. The average molecular weight is 545 g/mol. The fraction of sp³-hybridized carbons (Fsp3) is 0.370. The van der Waals surface area contributed by atoms with Gasteiger partial charge in [-0.25, -0.2) is 9.59 Å². The monoisotopic (exact) mass is 544 g/mol. The Morgan fingerprint density at radius 2 is 1.70 bits per heavy atom. The van der Waals surface area contributed by atoms with Crippen molar-refractivity contribution in [2.75, 3.05) is 45.9 Å². The minimum absolute atomic E-state index is 0.0454. The molecule has 0 aliphatic carbocycles. The molecule has 3 amide bonds. The van der Waals surface area contributed by atoms with Crippen LogP contribution in [0, 0.1) is 0 Å². The number of likely N-dealkylation sites (N-methyl/N-ethyl adjacent to an activating group) is 1. The van der Waals surface area contributed by atoms with E-state index in [0.717, 1.165) is 0 Å². The Bertz CT molecular complexity index is 1190.